The highest BCUT2D eigenvalue weighted by molar-refractivity contribution is 4.82. The third-order valence-corrected chi connectivity index (χ3v) is 2.53. The number of hydrogen-bond donors (Lipinski definition) is 1. The summed E-state index contributed by atoms with van der Waals surface area (Å²) in [4.78, 5) is 1.52. The normalized spacial score (nSPS) is 13.3. The second kappa shape index (κ2) is 6.58. The summed E-state index contributed by atoms with van der Waals surface area (Å²) in [5.41, 5.74) is 0. The van der Waals surface area contributed by atoms with Gasteiger partial charge < -0.3 is 5.32 Å². The molecular formula is C11H23N5. The van der Waals surface area contributed by atoms with Crippen molar-refractivity contribution >= 4 is 0 Å². The average Bonchev–Trinajstić information content (AvgIpc) is 2.61. The van der Waals surface area contributed by atoms with E-state index >= 15 is 0 Å². The van der Waals surface area contributed by atoms with Crippen LogP contribution in [0.5, 0.6) is 0 Å². The van der Waals surface area contributed by atoms with Gasteiger partial charge in [0.2, 0.25) is 0 Å². The van der Waals surface area contributed by atoms with Crippen LogP contribution in [-0.2, 0) is 13.5 Å². The summed E-state index contributed by atoms with van der Waals surface area (Å²) in [7, 11) is 1.80. The van der Waals surface area contributed by atoms with E-state index in [1.807, 2.05) is 0 Å². The Kier molecular flexibility index (Phi) is 5.38. The second-order valence-electron chi connectivity index (χ2n) is 4.62. The zero-order valence-electron chi connectivity index (χ0n) is 10.8. The smallest absolute Gasteiger partial charge is 0.175 e. The molecule has 5 heteroatoms. The summed E-state index contributed by atoms with van der Waals surface area (Å²) < 4.78 is 0. The molecule has 1 atom stereocenters. The number of aromatic nitrogens is 4. The van der Waals surface area contributed by atoms with Crippen molar-refractivity contribution in [1.29, 1.82) is 0 Å². The van der Waals surface area contributed by atoms with E-state index in [9.17, 15) is 0 Å². The number of hydrogen-bond acceptors (Lipinski definition) is 4. The lowest BCUT2D eigenvalue weighted by molar-refractivity contribution is 0.411. The van der Waals surface area contributed by atoms with Gasteiger partial charge in [-0.25, -0.2) is 0 Å². The van der Waals surface area contributed by atoms with Crippen molar-refractivity contribution in [3.8, 4) is 0 Å². The number of rotatable bonds is 7. The van der Waals surface area contributed by atoms with Crippen molar-refractivity contribution in [3.05, 3.63) is 5.82 Å². The van der Waals surface area contributed by atoms with Crippen molar-refractivity contribution in [1.82, 2.24) is 25.5 Å². The number of tetrazole rings is 1. The van der Waals surface area contributed by atoms with Crippen LogP contribution in [-0.4, -0.2) is 32.8 Å². The van der Waals surface area contributed by atoms with Crippen LogP contribution in [0.3, 0.4) is 0 Å². The Labute approximate surface area is 97.6 Å². The van der Waals surface area contributed by atoms with E-state index in [2.05, 4.69) is 41.5 Å². The number of nitrogens with one attached hydrogen (secondary N) is 1. The topological polar surface area (TPSA) is 55.6 Å². The first-order valence-electron chi connectivity index (χ1n) is 6.08. The summed E-state index contributed by atoms with van der Waals surface area (Å²) in [5, 5.41) is 15.6. The fourth-order valence-corrected chi connectivity index (χ4v) is 1.75. The molecule has 1 aromatic heterocycles. The molecule has 0 amide bonds. The molecule has 0 aliphatic heterocycles. The molecule has 5 nitrogen and oxygen atoms in total. The maximum Gasteiger partial charge on any atom is 0.175 e. The van der Waals surface area contributed by atoms with E-state index in [0.717, 1.165) is 18.8 Å². The highest BCUT2D eigenvalue weighted by atomic mass is 15.6. The van der Waals surface area contributed by atoms with Gasteiger partial charge in [-0.15, -0.1) is 10.2 Å². The molecule has 0 saturated heterocycles. The molecule has 1 rings (SSSR count). The van der Waals surface area contributed by atoms with Crippen LogP contribution >= 0.6 is 0 Å². The van der Waals surface area contributed by atoms with Crippen LogP contribution in [0.15, 0.2) is 0 Å². The summed E-state index contributed by atoms with van der Waals surface area (Å²) in [6.07, 6.45) is 3.32. The van der Waals surface area contributed by atoms with Crippen molar-refractivity contribution in [2.24, 2.45) is 13.0 Å². The van der Waals surface area contributed by atoms with Gasteiger partial charge >= 0.3 is 0 Å². The van der Waals surface area contributed by atoms with Gasteiger partial charge in [-0.2, -0.15) is 4.80 Å². The van der Waals surface area contributed by atoms with Crippen LogP contribution in [0.25, 0.3) is 0 Å². The zero-order valence-corrected chi connectivity index (χ0v) is 10.8. The third-order valence-electron chi connectivity index (χ3n) is 2.53. The molecule has 0 aliphatic carbocycles. The van der Waals surface area contributed by atoms with Gasteiger partial charge in [-0.3, -0.25) is 0 Å². The molecule has 0 aliphatic rings. The fraction of sp³-hybridized carbons (Fsp3) is 0.909. The van der Waals surface area contributed by atoms with E-state index in [0.29, 0.717) is 12.0 Å². The van der Waals surface area contributed by atoms with E-state index in [1.165, 1.54) is 17.6 Å². The Morgan fingerprint density at radius 2 is 2.12 bits per heavy atom. The summed E-state index contributed by atoms with van der Waals surface area (Å²) in [6, 6.07) is 0.536. The van der Waals surface area contributed by atoms with Gasteiger partial charge in [0.25, 0.3) is 0 Å². The predicted molar refractivity (Wildman–Crippen MR) is 64.0 cm³/mol. The minimum atomic E-state index is 0.536. The molecule has 0 radical (unpaired) electrons. The predicted octanol–water partition coefficient (Wildman–Crippen LogP) is 1.17. The van der Waals surface area contributed by atoms with Crippen molar-refractivity contribution in [2.45, 2.75) is 46.1 Å². The first kappa shape index (κ1) is 13.1. The molecule has 1 heterocycles. The van der Waals surface area contributed by atoms with Crippen LogP contribution in [0, 0.1) is 5.92 Å². The molecule has 1 aromatic rings. The molecule has 1 N–H and O–H groups in total. The van der Waals surface area contributed by atoms with Crippen molar-refractivity contribution < 1.29 is 0 Å². The van der Waals surface area contributed by atoms with E-state index in [1.54, 1.807) is 7.05 Å². The maximum atomic E-state index is 4.23. The Morgan fingerprint density at radius 3 is 2.62 bits per heavy atom. The monoisotopic (exact) mass is 225 g/mol. The second-order valence-corrected chi connectivity index (χ2v) is 4.62. The van der Waals surface area contributed by atoms with Crippen LogP contribution in [0.4, 0.5) is 0 Å². The SMILES string of the molecule is CCCC(CNC(C)C)Cc1nnn(C)n1. The molecule has 0 bridgehead atoms. The zero-order chi connectivity index (χ0) is 12.0. The first-order chi connectivity index (χ1) is 7.61. The largest absolute Gasteiger partial charge is 0.314 e. The van der Waals surface area contributed by atoms with Crippen LogP contribution < -0.4 is 5.32 Å². The molecule has 0 fully saturated rings. The first-order valence-corrected chi connectivity index (χ1v) is 6.08. The lowest BCUT2D eigenvalue weighted by Gasteiger charge is -2.16. The van der Waals surface area contributed by atoms with Gasteiger partial charge in [-0.1, -0.05) is 27.2 Å². The quantitative estimate of drug-likeness (QED) is 0.756. The van der Waals surface area contributed by atoms with Crippen molar-refractivity contribution in [2.75, 3.05) is 6.54 Å². The lowest BCUT2D eigenvalue weighted by atomic mass is 9.99. The summed E-state index contributed by atoms with van der Waals surface area (Å²) >= 11 is 0. The lowest BCUT2D eigenvalue weighted by Crippen LogP contribution is -2.30. The maximum absolute atomic E-state index is 4.23. The fourth-order valence-electron chi connectivity index (χ4n) is 1.75. The summed E-state index contributed by atoms with van der Waals surface area (Å²) in [5.74, 6) is 1.46. The van der Waals surface area contributed by atoms with Crippen LogP contribution in [0.1, 0.15) is 39.4 Å². The molecule has 0 aromatic carbocycles. The highest BCUT2D eigenvalue weighted by Crippen LogP contribution is 2.10. The van der Waals surface area contributed by atoms with E-state index < -0.39 is 0 Å². The minimum absolute atomic E-state index is 0.536. The number of aryl methyl sites for hydroxylation is 1. The third kappa shape index (κ3) is 4.70. The van der Waals surface area contributed by atoms with Crippen molar-refractivity contribution in [3.63, 3.8) is 0 Å². The molecule has 0 spiro atoms. The summed E-state index contributed by atoms with van der Waals surface area (Å²) in [6.45, 7) is 7.59. The minimum Gasteiger partial charge on any atom is -0.314 e. The van der Waals surface area contributed by atoms with Gasteiger partial charge in [0.15, 0.2) is 5.82 Å². The molecular weight excluding hydrogens is 202 g/mol. The highest BCUT2D eigenvalue weighted by Gasteiger charge is 2.12. The standard InChI is InChI=1S/C11H23N5/c1-5-6-10(8-12-9(2)3)7-11-13-15-16(4)14-11/h9-10,12H,5-8H2,1-4H3. The molecule has 92 valence electrons. The Balaban J connectivity index is 2.43. The number of nitrogens with zero attached hydrogens (tertiary/aromatic N) is 4. The van der Waals surface area contributed by atoms with E-state index in [4.69, 9.17) is 0 Å². The van der Waals surface area contributed by atoms with Gasteiger partial charge in [0, 0.05) is 12.5 Å². The Bertz CT molecular complexity index is 294. The van der Waals surface area contributed by atoms with Gasteiger partial charge in [0.05, 0.1) is 7.05 Å². The Hall–Kier alpha value is -0.970. The van der Waals surface area contributed by atoms with E-state index in [-0.39, 0.29) is 0 Å². The molecule has 1 unspecified atom stereocenters. The van der Waals surface area contributed by atoms with Crippen LogP contribution in [0.2, 0.25) is 0 Å². The van der Waals surface area contributed by atoms with Gasteiger partial charge in [-0.05, 0) is 24.1 Å². The van der Waals surface area contributed by atoms with Gasteiger partial charge in [0.1, 0.15) is 0 Å². The average molecular weight is 225 g/mol. The molecule has 0 saturated carbocycles. The Morgan fingerprint density at radius 1 is 1.38 bits per heavy atom. The molecule has 16 heavy (non-hydrogen) atoms.